The van der Waals surface area contributed by atoms with E-state index in [1.807, 2.05) is 26.2 Å². The molecule has 0 amide bonds. The lowest BCUT2D eigenvalue weighted by atomic mass is 10.2. The smallest absolute Gasteiger partial charge is 0.337 e. The molecular formula is C19H21N3O4S. The molecular weight excluding hydrogens is 366 g/mol. The zero-order valence-corrected chi connectivity index (χ0v) is 16.4. The second kappa shape index (κ2) is 7.79. The van der Waals surface area contributed by atoms with E-state index < -0.39 is 5.97 Å². The van der Waals surface area contributed by atoms with Gasteiger partial charge < -0.3 is 14.8 Å². The monoisotopic (exact) mass is 387 g/mol. The fraction of sp³-hybridized carbons (Fsp3) is 0.316. The topological polar surface area (TPSA) is 81.9 Å². The first-order valence-corrected chi connectivity index (χ1v) is 9.36. The second-order valence-corrected chi connectivity index (χ2v) is 7.14. The highest BCUT2D eigenvalue weighted by Crippen LogP contribution is 2.28. The molecule has 0 unspecified atom stereocenters. The Balaban J connectivity index is 1.89. The molecule has 27 heavy (non-hydrogen) atoms. The fourth-order valence-corrected chi connectivity index (χ4v) is 3.54. The van der Waals surface area contributed by atoms with E-state index in [9.17, 15) is 9.59 Å². The minimum atomic E-state index is -0.430. The van der Waals surface area contributed by atoms with Crippen molar-refractivity contribution in [3.05, 3.63) is 57.0 Å². The van der Waals surface area contributed by atoms with E-state index in [4.69, 9.17) is 9.47 Å². The Morgan fingerprint density at radius 1 is 1.33 bits per heavy atom. The number of benzene rings is 1. The zero-order valence-electron chi connectivity index (χ0n) is 15.6. The number of esters is 1. The molecule has 3 rings (SSSR count). The highest BCUT2D eigenvalue weighted by molar-refractivity contribution is 7.15. The summed E-state index contributed by atoms with van der Waals surface area (Å²) in [5, 5.41) is 5.11. The first kappa shape index (κ1) is 18.9. The van der Waals surface area contributed by atoms with Crippen LogP contribution in [0.5, 0.6) is 5.75 Å². The molecule has 0 radical (unpaired) electrons. The molecule has 0 saturated carbocycles. The molecule has 0 bridgehead atoms. The molecule has 0 atom stereocenters. The lowest BCUT2D eigenvalue weighted by Gasteiger charge is -2.16. The summed E-state index contributed by atoms with van der Waals surface area (Å²) in [5.74, 6) is 0.184. The number of aromatic nitrogens is 2. The van der Waals surface area contributed by atoms with Crippen molar-refractivity contribution in [1.82, 2.24) is 9.38 Å². The molecule has 0 saturated heterocycles. The van der Waals surface area contributed by atoms with E-state index in [0.717, 1.165) is 5.69 Å². The molecule has 2 heterocycles. The Hall–Kier alpha value is -2.87. The number of carbonyl (C=O) groups is 1. The van der Waals surface area contributed by atoms with Crippen LogP contribution in [-0.4, -0.2) is 28.6 Å². The lowest BCUT2D eigenvalue weighted by molar-refractivity contribution is 0.0600. The van der Waals surface area contributed by atoms with Crippen molar-refractivity contribution in [1.29, 1.82) is 0 Å². The number of anilines is 1. The van der Waals surface area contributed by atoms with Crippen molar-refractivity contribution in [3.63, 3.8) is 0 Å². The minimum Gasteiger partial charge on any atom is -0.489 e. The molecule has 0 spiro atoms. The molecule has 3 aromatic rings. The average molecular weight is 387 g/mol. The molecule has 8 heteroatoms. The number of carbonyl (C=O) groups excluding carboxylic acids is 1. The van der Waals surface area contributed by atoms with Gasteiger partial charge in [-0.05, 0) is 39.0 Å². The van der Waals surface area contributed by atoms with Crippen LogP contribution in [0.1, 0.15) is 35.6 Å². The van der Waals surface area contributed by atoms with Gasteiger partial charge in [-0.15, -0.1) is 11.3 Å². The number of aryl methyl sites for hydroxylation is 1. The summed E-state index contributed by atoms with van der Waals surface area (Å²) < 4.78 is 12.2. The first-order valence-electron chi connectivity index (χ1n) is 8.48. The number of rotatable bonds is 6. The van der Waals surface area contributed by atoms with Gasteiger partial charge in [0.05, 0.1) is 36.7 Å². The van der Waals surface area contributed by atoms with Gasteiger partial charge in [-0.2, -0.15) is 0 Å². The zero-order chi connectivity index (χ0) is 19.6. The number of methoxy groups -OCH3 is 1. The van der Waals surface area contributed by atoms with Crippen LogP contribution in [0, 0.1) is 6.92 Å². The highest BCUT2D eigenvalue weighted by Gasteiger charge is 2.13. The number of ether oxygens (including phenoxy) is 2. The van der Waals surface area contributed by atoms with Crippen molar-refractivity contribution >= 4 is 28.0 Å². The molecule has 1 aromatic carbocycles. The Morgan fingerprint density at radius 3 is 2.81 bits per heavy atom. The van der Waals surface area contributed by atoms with Crippen LogP contribution in [0.4, 0.5) is 5.69 Å². The van der Waals surface area contributed by atoms with E-state index >= 15 is 0 Å². The maximum absolute atomic E-state index is 12.3. The van der Waals surface area contributed by atoms with Gasteiger partial charge >= 0.3 is 5.97 Å². The van der Waals surface area contributed by atoms with Gasteiger partial charge in [-0.1, -0.05) is 0 Å². The molecule has 7 nitrogen and oxygen atoms in total. The molecule has 0 aliphatic rings. The summed E-state index contributed by atoms with van der Waals surface area (Å²) in [6.07, 6.45) is -0.0252. The SMILES string of the molecule is COC(=O)c1ccc(OC(C)C)c(NCc2cc(=O)n3c(C)csc3n2)c1. The van der Waals surface area contributed by atoms with Crippen LogP contribution in [0.25, 0.3) is 4.96 Å². The third-order valence-electron chi connectivity index (χ3n) is 3.85. The fourth-order valence-electron chi connectivity index (χ4n) is 2.65. The van der Waals surface area contributed by atoms with E-state index in [1.54, 1.807) is 22.6 Å². The van der Waals surface area contributed by atoms with E-state index in [2.05, 4.69) is 10.3 Å². The van der Waals surface area contributed by atoms with E-state index in [-0.39, 0.29) is 11.7 Å². The molecule has 0 aliphatic heterocycles. The quantitative estimate of drug-likeness (QED) is 0.654. The predicted molar refractivity (Wildman–Crippen MR) is 105 cm³/mol. The summed E-state index contributed by atoms with van der Waals surface area (Å²) >= 11 is 1.42. The number of fused-ring (bicyclic) bond motifs is 1. The van der Waals surface area contributed by atoms with Crippen LogP contribution in [-0.2, 0) is 11.3 Å². The number of hydrogen-bond acceptors (Lipinski definition) is 7. The van der Waals surface area contributed by atoms with Gasteiger partial charge in [-0.3, -0.25) is 9.20 Å². The van der Waals surface area contributed by atoms with Crippen LogP contribution in [0.15, 0.2) is 34.4 Å². The number of thiazole rings is 1. The van der Waals surface area contributed by atoms with Crippen molar-refractivity contribution in [3.8, 4) is 5.75 Å². The first-order chi connectivity index (χ1) is 12.9. The Labute approximate surface area is 160 Å². The summed E-state index contributed by atoms with van der Waals surface area (Å²) in [6, 6.07) is 6.56. The third-order valence-corrected chi connectivity index (χ3v) is 4.80. The van der Waals surface area contributed by atoms with E-state index in [1.165, 1.54) is 24.5 Å². The van der Waals surface area contributed by atoms with Crippen LogP contribution >= 0.6 is 11.3 Å². The second-order valence-electron chi connectivity index (χ2n) is 6.30. The molecule has 1 N–H and O–H groups in total. The number of nitrogens with one attached hydrogen (secondary N) is 1. The largest absolute Gasteiger partial charge is 0.489 e. The van der Waals surface area contributed by atoms with Crippen LogP contribution < -0.4 is 15.6 Å². The normalized spacial score (nSPS) is 11.0. The summed E-state index contributed by atoms with van der Waals surface area (Å²) in [7, 11) is 1.34. The summed E-state index contributed by atoms with van der Waals surface area (Å²) in [4.78, 5) is 29.3. The number of hydrogen-bond donors (Lipinski definition) is 1. The van der Waals surface area contributed by atoms with Crippen molar-refractivity contribution in [2.45, 2.75) is 33.4 Å². The molecule has 2 aromatic heterocycles. The van der Waals surface area contributed by atoms with Gasteiger partial charge in [0.2, 0.25) is 0 Å². The number of nitrogens with zero attached hydrogens (tertiary/aromatic N) is 2. The lowest BCUT2D eigenvalue weighted by Crippen LogP contribution is -2.17. The third kappa shape index (κ3) is 4.11. The summed E-state index contributed by atoms with van der Waals surface area (Å²) in [5.41, 5.74) is 2.41. The minimum absolute atomic E-state index is 0.0252. The highest BCUT2D eigenvalue weighted by atomic mass is 32.1. The molecule has 0 aliphatic carbocycles. The van der Waals surface area contributed by atoms with Crippen LogP contribution in [0.2, 0.25) is 0 Å². The van der Waals surface area contributed by atoms with Crippen molar-refractivity contribution < 1.29 is 14.3 Å². The maximum Gasteiger partial charge on any atom is 0.337 e. The van der Waals surface area contributed by atoms with Gasteiger partial charge in [0, 0.05) is 17.1 Å². The average Bonchev–Trinajstić information content (AvgIpc) is 3.01. The Morgan fingerprint density at radius 2 is 2.11 bits per heavy atom. The van der Waals surface area contributed by atoms with Gasteiger partial charge in [0.15, 0.2) is 4.96 Å². The Kier molecular flexibility index (Phi) is 5.46. The molecule has 142 valence electrons. The van der Waals surface area contributed by atoms with E-state index in [0.29, 0.717) is 34.2 Å². The predicted octanol–water partition coefficient (Wildman–Crippen LogP) is 3.25. The molecule has 0 fully saturated rings. The van der Waals surface area contributed by atoms with Gasteiger partial charge in [0.1, 0.15) is 5.75 Å². The van der Waals surface area contributed by atoms with Gasteiger partial charge in [0.25, 0.3) is 5.56 Å². The summed E-state index contributed by atoms with van der Waals surface area (Å²) in [6.45, 7) is 6.04. The maximum atomic E-state index is 12.3. The van der Waals surface area contributed by atoms with Crippen LogP contribution in [0.3, 0.4) is 0 Å². The Bertz CT molecular complexity index is 1040. The van der Waals surface area contributed by atoms with Crippen molar-refractivity contribution in [2.24, 2.45) is 0 Å². The van der Waals surface area contributed by atoms with Crippen molar-refractivity contribution in [2.75, 3.05) is 12.4 Å². The van der Waals surface area contributed by atoms with Gasteiger partial charge in [-0.25, -0.2) is 9.78 Å². The standard InChI is InChI=1S/C19H21N3O4S/c1-11(2)26-16-6-5-13(18(24)25-4)7-15(16)20-9-14-8-17(23)22-12(3)10-27-19(22)21-14/h5-8,10-11,20H,9H2,1-4H3.